The summed E-state index contributed by atoms with van der Waals surface area (Å²) in [5.41, 5.74) is -0.757. The van der Waals surface area contributed by atoms with Gasteiger partial charge in [-0.15, -0.1) is 0 Å². The second kappa shape index (κ2) is 4.29. The van der Waals surface area contributed by atoms with Gasteiger partial charge in [-0.2, -0.15) is 5.26 Å². The number of halogens is 3. The first-order chi connectivity index (χ1) is 6.60. The largest absolute Gasteiger partial charge is 0.293 e. The third-order valence-electron chi connectivity index (χ3n) is 1.60. The Balaban J connectivity index is 3.30. The second-order valence-electron chi connectivity index (χ2n) is 2.48. The van der Waals surface area contributed by atoms with Gasteiger partial charge in [0.1, 0.15) is 17.7 Å². The van der Waals surface area contributed by atoms with E-state index in [0.717, 1.165) is 6.07 Å². The lowest BCUT2D eigenvalue weighted by Crippen LogP contribution is -2.05. The van der Waals surface area contributed by atoms with Gasteiger partial charge >= 0.3 is 0 Å². The van der Waals surface area contributed by atoms with Crippen LogP contribution in [0.15, 0.2) is 12.1 Å². The topological polar surface area (TPSA) is 40.9 Å². The lowest BCUT2D eigenvalue weighted by atomic mass is 10.1. The molecule has 1 aromatic carbocycles. The molecule has 5 heteroatoms. The van der Waals surface area contributed by atoms with Gasteiger partial charge in [-0.25, -0.2) is 8.78 Å². The van der Waals surface area contributed by atoms with E-state index in [1.807, 2.05) is 0 Å². The fourth-order valence-electron chi connectivity index (χ4n) is 0.918. The smallest absolute Gasteiger partial charge is 0.176 e. The quantitative estimate of drug-likeness (QED) is 0.605. The summed E-state index contributed by atoms with van der Waals surface area (Å²) in [5.74, 6) is -2.34. The van der Waals surface area contributed by atoms with E-state index in [9.17, 15) is 13.6 Å². The summed E-state index contributed by atoms with van der Waals surface area (Å²) in [6.07, 6.45) is 0. The van der Waals surface area contributed by atoms with Gasteiger partial charge in [0, 0.05) is 0 Å². The molecule has 0 aromatic heterocycles. The summed E-state index contributed by atoms with van der Waals surface area (Å²) >= 11 is 2.84. The number of ketones is 1. The predicted molar refractivity (Wildman–Crippen MR) is 49.2 cm³/mol. The monoisotopic (exact) mass is 259 g/mol. The Morgan fingerprint density at radius 2 is 2.07 bits per heavy atom. The molecular formula is C9H4BrF2NO. The van der Waals surface area contributed by atoms with E-state index in [2.05, 4.69) is 15.9 Å². The van der Waals surface area contributed by atoms with Crippen molar-refractivity contribution in [3.05, 3.63) is 34.9 Å². The van der Waals surface area contributed by atoms with Crippen LogP contribution in [-0.2, 0) is 0 Å². The number of Topliss-reactive ketones (excluding diaryl/α,β-unsaturated/α-hetero) is 1. The average Bonchev–Trinajstić information content (AvgIpc) is 2.19. The molecule has 0 saturated heterocycles. The minimum absolute atomic E-state index is 0.0880. The van der Waals surface area contributed by atoms with Crippen LogP contribution in [0.2, 0.25) is 0 Å². The Hall–Kier alpha value is -1.28. The zero-order chi connectivity index (χ0) is 10.7. The molecule has 0 radical (unpaired) electrons. The van der Waals surface area contributed by atoms with E-state index in [1.54, 1.807) is 0 Å². The lowest BCUT2D eigenvalue weighted by Gasteiger charge is -2.00. The molecule has 0 N–H and O–H groups in total. The van der Waals surface area contributed by atoms with Gasteiger partial charge in [-0.1, -0.05) is 15.9 Å². The summed E-state index contributed by atoms with van der Waals surface area (Å²) in [7, 11) is 0. The van der Waals surface area contributed by atoms with Crippen LogP contribution in [0.4, 0.5) is 8.78 Å². The molecule has 0 heterocycles. The Labute approximate surface area is 87.3 Å². The van der Waals surface area contributed by atoms with E-state index in [1.165, 1.54) is 6.07 Å². The van der Waals surface area contributed by atoms with Crippen molar-refractivity contribution in [2.24, 2.45) is 0 Å². The van der Waals surface area contributed by atoms with Crippen LogP contribution in [-0.4, -0.2) is 11.1 Å². The SMILES string of the molecule is N#Cc1cc(F)c(C(=O)CBr)cc1F. The van der Waals surface area contributed by atoms with Crippen molar-refractivity contribution in [1.29, 1.82) is 5.26 Å². The number of nitrogens with zero attached hydrogens (tertiary/aromatic N) is 1. The highest BCUT2D eigenvalue weighted by Crippen LogP contribution is 2.15. The molecule has 2 nitrogen and oxygen atoms in total. The molecule has 0 fully saturated rings. The molecule has 72 valence electrons. The van der Waals surface area contributed by atoms with Crippen LogP contribution >= 0.6 is 15.9 Å². The van der Waals surface area contributed by atoms with Gasteiger partial charge in [-0.05, 0) is 12.1 Å². The first-order valence-electron chi connectivity index (χ1n) is 3.58. The first-order valence-corrected chi connectivity index (χ1v) is 4.70. The van der Waals surface area contributed by atoms with E-state index < -0.39 is 23.0 Å². The first kappa shape index (κ1) is 10.8. The van der Waals surface area contributed by atoms with Gasteiger partial charge < -0.3 is 0 Å². The molecule has 1 aromatic rings. The number of alkyl halides is 1. The molecule has 0 atom stereocenters. The third-order valence-corrected chi connectivity index (χ3v) is 2.11. The standard InChI is InChI=1S/C9H4BrF2NO/c10-3-9(14)6-2-7(11)5(4-13)1-8(6)12/h1-2H,3H2. The summed E-state index contributed by atoms with van der Waals surface area (Å²) in [6, 6.07) is 2.93. The Morgan fingerprint density at radius 1 is 1.43 bits per heavy atom. The highest BCUT2D eigenvalue weighted by molar-refractivity contribution is 9.09. The minimum Gasteiger partial charge on any atom is -0.293 e. The predicted octanol–water partition coefficient (Wildman–Crippen LogP) is 2.41. The van der Waals surface area contributed by atoms with E-state index in [4.69, 9.17) is 5.26 Å². The average molecular weight is 260 g/mol. The fraction of sp³-hybridized carbons (Fsp3) is 0.111. The van der Waals surface area contributed by atoms with E-state index in [0.29, 0.717) is 6.07 Å². The van der Waals surface area contributed by atoms with Crippen LogP contribution < -0.4 is 0 Å². The molecule has 0 aliphatic rings. The zero-order valence-electron chi connectivity index (χ0n) is 6.85. The highest BCUT2D eigenvalue weighted by Gasteiger charge is 2.14. The van der Waals surface area contributed by atoms with Crippen molar-refractivity contribution in [3.8, 4) is 6.07 Å². The number of benzene rings is 1. The normalized spacial score (nSPS) is 9.57. The maximum atomic E-state index is 13.1. The minimum atomic E-state index is -0.891. The number of nitriles is 1. The van der Waals surface area contributed by atoms with Crippen molar-refractivity contribution in [2.45, 2.75) is 0 Å². The van der Waals surface area contributed by atoms with Crippen molar-refractivity contribution >= 4 is 21.7 Å². The number of hydrogen-bond donors (Lipinski definition) is 0. The van der Waals surface area contributed by atoms with Crippen LogP contribution in [0.25, 0.3) is 0 Å². The van der Waals surface area contributed by atoms with Gasteiger partial charge in [0.25, 0.3) is 0 Å². The van der Waals surface area contributed by atoms with Crippen LogP contribution in [0.5, 0.6) is 0 Å². The summed E-state index contributed by atoms with van der Waals surface area (Å²) < 4.78 is 26.1. The van der Waals surface area contributed by atoms with Crippen molar-refractivity contribution in [1.82, 2.24) is 0 Å². The second-order valence-corrected chi connectivity index (χ2v) is 3.04. The lowest BCUT2D eigenvalue weighted by molar-refractivity contribution is 0.101. The Morgan fingerprint density at radius 3 is 2.57 bits per heavy atom. The van der Waals surface area contributed by atoms with Gasteiger partial charge in [-0.3, -0.25) is 4.79 Å². The van der Waals surface area contributed by atoms with Gasteiger partial charge in [0.15, 0.2) is 5.78 Å². The van der Waals surface area contributed by atoms with Crippen LogP contribution in [0, 0.1) is 23.0 Å². The number of rotatable bonds is 2. The van der Waals surface area contributed by atoms with Crippen molar-refractivity contribution in [2.75, 3.05) is 5.33 Å². The molecule has 14 heavy (non-hydrogen) atoms. The fourth-order valence-corrected chi connectivity index (χ4v) is 1.22. The third kappa shape index (κ3) is 1.96. The molecular weight excluding hydrogens is 256 g/mol. The summed E-state index contributed by atoms with van der Waals surface area (Å²) in [5, 5.41) is 8.29. The van der Waals surface area contributed by atoms with Crippen molar-refractivity contribution < 1.29 is 13.6 Å². The molecule has 0 aliphatic heterocycles. The van der Waals surface area contributed by atoms with Gasteiger partial charge in [0.2, 0.25) is 0 Å². The molecule has 0 saturated carbocycles. The van der Waals surface area contributed by atoms with Gasteiger partial charge in [0.05, 0.1) is 16.5 Å². The number of hydrogen-bond acceptors (Lipinski definition) is 2. The highest BCUT2D eigenvalue weighted by atomic mass is 79.9. The van der Waals surface area contributed by atoms with Crippen LogP contribution in [0.3, 0.4) is 0 Å². The molecule has 1 rings (SSSR count). The maximum absolute atomic E-state index is 13.1. The number of carbonyl (C=O) groups is 1. The zero-order valence-corrected chi connectivity index (χ0v) is 8.44. The van der Waals surface area contributed by atoms with E-state index >= 15 is 0 Å². The number of carbonyl (C=O) groups excluding carboxylic acids is 1. The molecule has 0 bridgehead atoms. The van der Waals surface area contributed by atoms with Crippen LogP contribution in [0.1, 0.15) is 15.9 Å². The van der Waals surface area contributed by atoms with Crippen molar-refractivity contribution in [3.63, 3.8) is 0 Å². The van der Waals surface area contributed by atoms with E-state index in [-0.39, 0.29) is 10.9 Å². The summed E-state index contributed by atoms with van der Waals surface area (Å²) in [4.78, 5) is 11.0. The Bertz CT molecular complexity index is 426. The molecule has 0 aliphatic carbocycles. The molecule has 0 amide bonds. The molecule has 0 spiro atoms. The summed E-state index contributed by atoms with van der Waals surface area (Å²) in [6.45, 7) is 0. The Kier molecular flexibility index (Phi) is 3.31. The maximum Gasteiger partial charge on any atom is 0.176 e. The molecule has 0 unspecified atom stereocenters.